The molecule has 0 bridgehead atoms. The summed E-state index contributed by atoms with van der Waals surface area (Å²) in [6, 6.07) is 5.81. The average molecular weight is 349 g/mol. The molecule has 2 amide bonds. The molecule has 138 valence electrons. The second-order valence-electron chi connectivity index (χ2n) is 5.97. The van der Waals surface area contributed by atoms with E-state index in [9.17, 15) is 9.59 Å². The zero-order chi connectivity index (χ0) is 18.2. The second-order valence-corrected chi connectivity index (χ2v) is 5.97. The summed E-state index contributed by atoms with van der Waals surface area (Å²) < 4.78 is 10.8. The van der Waals surface area contributed by atoms with E-state index < -0.39 is 0 Å². The van der Waals surface area contributed by atoms with Crippen molar-refractivity contribution in [2.24, 2.45) is 0 Å². The second kappa shape index (κ2) is 9.27. The highest BCUT2D eigenvalue weighted by Gasteiger charge is 2.30. The topological polar surface area (TPSA) is 79.9 Å². The minimum Gasteiger partial charge on any atom is -0.497 e. The normalized spacial score (nSPS) is 17.2. The molecule has 1 aromatic rings. The van der Waals surface area contributed by atoms with Gasteiger partial charge in [-0.25, -0.2) is 0 Å². The molecule has 1 saturated heterocycles. The van der Waals surface area contributed by atoms with E-state index in [1.165, 1.54) is 0 Å². The summed E-state index contributed by atoms with van der Waals surface area (Å²) in [5.74, 6) is 1.23. The molecule has 1 heterocycles. The van der Waals surface area contributed by atoms with Crippen LogP contribution in [0.3, 0.4) is 0 Å². The average Bonchev–Trinajstić information content (AvgIpc) is 3.07. The van der Waals surface area contributed by atoms with Crippen LogP contribution in [-0.2, 0) is 9.59 Å². The molecule has 1 fully saturated rings. The first-order chi connectivity index (χ1) is 12.1. The van der Waals surface area contributed by atoms with E-state index >= 15 is 0 Å². The van der Waals surface area contributed by atoms with Crippen LogP contribution >= 0.6 is 0 Å². The minimum atomic E-state index is -0.178. The SMILES string of the molecule is CCNC(=O)CNC(=O)CN1CCC[C@H]1c1cc(OC)ccc1OC. The molecule has 2 rings (SSSR count). The fourth-order valence-corrected chi connectivity index (χ4v) is 3.15. The molecule has 2 N–H and O–H groups in total. The van der Waals surface area contributed by atoms with Crippen molar-refractivity contribution in [2.75, 3.05) is 40.4 Å². The summed E-state index contributed by atoms with van der Waals surface area (Å²) in [6.07, 6.45) is 1.96. The van der Waals surface area contributed by atoms with Gasteiger partial charge in [0.1, 0.15) is 11.5 Å². The lowest BCUT2D eigenvalue weighted by atomic mass is 10.0. The van der Waals surface area contributed by atoms with Crippen molar-refractivity contribution in [3.05, 3.63) is 23.8 Å². The number of carbonyl (C=O) groups is 2. The molecule has 1 atom stereocenters. The van der Waals surface area contributed by atoms with Crippen molar-refractivity contribution in [1.82, 2.24) is 15.5 Å². The standard InChI is InChI=1S/C18H27N3O4/c1-4-19-17(22)11-20-18(23)12-21-9-5-6-15(21)14-10-13(24-2)7-8-16(14)25-3/h7-8,10,15H,4-6,9,11-12H2,1-3H3,(H,19,22)(H,20,23)/t15-/m0/s1. The first-order valence-corrected chi connectivity index (χ1v) is 8.58. The van der Waals surface area contributed by atoms with Crippen molar-refractivity contribution >= 4 is 11.8 Å². The molecule has 1 aliphatic rings. The van der Waals surface area contributed by atoms with Crippen LogP contribution in [0.1, 0.15) is 31.4 Å². The van der Waals surface area contributed by atoms with Crippen molar-refractivity contribution < 1.29 is 19.1 Å². The predicted molar refractivity (Wildman–Crippen MR) is 94.8 cm³/mol. The van der Waals surface area contributed by atoms with Gasteiger partial charge in [0.25, 0.3) is 0 Å². The third-order valence-electron chi connectivity index (χ3n) is 4.33. The Balaban J connectivity index is 2.02. The number of nitrogens with one attached hydrogen (secondary N) is 2. The summed E-state index contributed by atoms with van der Waals surface area (Å²) in [7, 11) is 3.27. The van der Waals surface area contributed by atoms with Crippen molar-refractivity contribution in [3.8, 4) is 11.5 Å². The number of likely N-dealkylation sites (tertiary alicyclic amines) is 1. The van der Waals surface area contributed by atoms with Crippen molar-refractivity contribution in [2.45, 2.75) is 25.8 Å². The molecule has 0 spiro atoms. The van der Waals surface area contributed by atoms with Gasteiger partial charge >= 0.3 is 0 Å². The molecular weight excluding hydrogens is 322 g/mol. The van der Waals surface area contributed by atoms with Gasteiger partial charge in [-0.2, -0.15) is 0 Å². The third kappa shape index (κ3) is 5.09. The Bertz CT molecular complexity index is 606. The first-order valence-electron chi connectivity index (χ1n) is 8.58. The number of benzene rings is 1. The molecule has 0 aromatic heterocycles. The summed E-state index contributed by atoms with van der Waals surface area (Å²) in [5.41, 5.74) is 1.02. The van der Waals surface area contributed by atoms with Crippen LogP contribution < -0.4 is 20.1 Å². The van der Waals surface area contributed by atoms with Crippen LogP contribution in [0.5, 0.6) is 11.5 Å². The lowest BCUT2D eigenvalue weighted by molar-refractivity contribution is -0.126. The number of hydrogen-bond donors (Lipinski definition) is 2. The Morgan fingerprint density at radius 2 is 2.00 bits per heavy atom. The van der Waals surface area contributed by atoms with E-state index in [0.29, 0.717) is 6.54 Å². The highest BCUT2D eigenvalue weighted by molar-refractivity contribution is 5.85. The quantitative estimate of drug-likeness (QED) is 0.734. The van der Waals surface area contributed by atoms with Crippen molar-refractivity contribution in [3.63, 3.8) is 0 Å². The van der Waals surface area contributed by atoms with Gasteiger partial charge in [0.2, 0.25) is 11.8 Å². The molecule has 1 aliphatic heterocycles. The van der Waals surface area contributed by atoms with E-state index in [2.05, 4.69) is 15.5 Å². The number of ether oxygens (including phenoxy) is 2. The van der Waals surface area contributed by atoms with Gasteiger partial charge in [0.15, 0.2) is 0 Å². The van der Waals surface area contributed by atoms with Gasteiger partial charge in [-0.15, -0.1) is 0 Å². The van der Waals surface area contributed by atoms with E-state index in [4.69, 9.17) is 9.47 Å². The Kier molecular flexibility index (Phi) is 7.06. The highest BCUT2D eigenvalue weighted by atomic mass is 16.5. The smallest absolute Gasteiger partial charge is 0.239 e. The zero-order valence-electron chi connectivity index (χ0n) is 15.1. The first kappa shape index (κ1) is 19.1. The summed E-state index contributed by atoms with van der Waals surface area (Å²) in [6.45, 7) is 3.49. The molecule has 0 radical (unpaired) electrons. The molecule has 7 heteroatoms. The Labute approximate surface area is 148 Å². The van der Waals surface area contributed by atoms with E-state index in [1.54, 1.807) is 14.2 Å². The number of rotatable bonds is 8. The maximum atomic E-state index is 12.2. The molecule has 0 unspecified atom stereocenters. The fourth-order valence-electron chi connectivity index (χ4n) is 3.15. The molecule has 7 nitrogen and oxygen atoms in total. The fraction of sp³-hybridized carbons (Fsp3) is 0.556. The van der Waals surface area contributed by atoms with Gasteiger partial charge < -0.3 is 20.1 Å². The van der Waals surface area contributed by atoms with Crippen molar-refractivity contribution in [1.29, 1.82) is 0 Å². The van der Waals surface area contributed by atoms with Gasteiger partial charge in [-0.3, -0.25) is 14.5 Å². The lowest BCUT2D eigenvalue weighted by Crippen LogP contribution is -2.41. The Morgan fingerprint density at radius 3 is 2.68 bits per heavy atom. The number of likely N-dealkylation sites (N-methyl/N-ethyl adjacent to an activating group) is 1. The number of carbonyl (C=O) groups excluding carboxylic acids is 2. The summed E-state index contributed by atoms with van der Waals surface area (Å²) >= 11 is 0. The van der Waals surface area contributed by atoms with Crippen LogP contribution in [0.25, 0.3) is 0 Å². The number of hydrogen-bond acceptors (Lipinski definition) is 5. The highest BCUT2D eigenvalue weighted by Crippen LogP contribution is 2.38. The molecule has 1 aromatic carbocycles. The molecule has 0 aliphatic carbocycles. The summed E-state index contributed by atoms with van der Waals surface area (Å²) in [4.78, 5) is 25.7. The van der Waals surface area contributed by atoms with Gasteiger partial charge in [0.05, 0.1) is 27.3 Å². The minimum absolute atomic E-state index is 0.00760. The van der Waals surface area contributed by atoms with E-state index in [1.807, 2.05) is 25.1 Å². The van der Waals surface area contributed by atoms with Crippen LogP contribution in [0.2, 0.25) is 0 Å². The predicted octanol–water partition coefficient (Wildman–Crippen LogP) is 1.09. The monoisotopic (exact) mass is 349 g/mol. The molecule has 25 heavy (non-hydrogen) atoms. The maximum Gasteiger partial charge on any atom is 0.239 e. The van der Waals surface area contributed by atoms with Crippen LogP contribution in [0, 0.1) is 0 Å². The summed E-state index contributed by atoms with van der Waals surface area (Å²) in [5, 5.41) is 5.33. The van der Waals surface area contributed by atoms with Crippen LogP contribution in [0.4, 0.5) is 0 Å². The third-order valence-corrected chi connectivity index (χ3v) is 4.33. The van der Waals surface area contributed by atoms with Gasteiger partial charge in [0, 0.05) is 18.2 Å². The maximum absolute atomic E-state index is 12.2. The Hall–Kier alpha value is -2.28. The number of amides is 2. The van der Waals surface area contributed by atoms with Gasteiger partial charge in [-0.1, -0.05) is 0 Å². The van der Waals surface area contributed by atoms with E-state index in [-0.39, 0.29) is 30.9 Å². The Morgan fingerprint density at radius 1 is 1.20 bits per heavy atom. The zero-order valence-corrected chi connectivity index (χ0v) is 15.1. The van der Waals surface area contributed by atoms with Crippen LogP contribution in [-0.4, -0.2) is 57.1 Å². The molecule has 0 saturated carbocycles. The lowest BCUT2D eigenvalue weighted by Gasteiger charge is -2.26. The van der Waals surface area contributed by atoms with Gasteiger partial charge in [-0.05, 0) is 44.5 Å². The van der Waals surface area contributed by atoms with E-state index in [0.717, 1.165) is 36.4 Å². The molecular formula is C18H27N3O4. The number of nitrogens with zero attached hydrogens (tertiary/aromatic N) is 1. The number of methoxy groups -OCH3 is 2. The largest absolute Gasteiger partial charge is 0.497 e. The van der Waals surface area contributed by atoms with Crippen LogP contribution in [0.15, 0.2) is 18.2 Å².